The summed E-state index contributed by atoms with van der Waals surface area (Å²) in [5, 5.41) is 13.6. The molecule has 4 rings (SSSR count). The highest BCUT2D eigenvalue weighted by Gasteiger charge is 2.37. The number of nitrogens with one attached hydrogen (secondary N) is 1. The molecule has 41 heavy (non-hydrogen) atoms. The number of carbonyl (C=O) groups is 3. The Bertz CT molecular complexity index is 1660. The molecular weight excluding hydrogens is 594 g/mol. The van der Waals surface area contributed by atoms with Crippen molar-refractivity contribution in [2.45, 2.75) is 13.1 Å². The van der Waals surface area contributed by atoms with E-state index in [9.17, 15) is 37.7 Å². The Morgan fingerprint density at radius 2 is 1.71 bits per heavy atom. The van der Waals surface area contributed by atoms with Crippen LogP contribution in [0.1, 0.15) is 16.7 Å². The number of anilines is 1. The van der Waals surface area contributed by atoms with E-state index in [-0.39, 0.29) is 32.8 Å². The van der Waals surface area contributed by atoms with Crippen LogP contribution in [0.3, 0.4) is 0 Å². The number of nitrogens with zero attached hydrogens (tertiary/aromatic N) is 2. The van der Waals surface area contributed by atoms with Crippen molar-refractivity contribution in [3.63, 3.8) is 0 Å². The third kappa shape index (κ3) is 5.95. The number of nitro benzene ring substituents is 1. The number of halogens is 5. The van der Waals surface area contributed by atoms with E-state index in [0.29, 0.717) is 17.7 Å². The second kappa shape index (κ2) is 11.1. The maximum Gasteiger partial charge on any atom is 0.416 e. The van der Waals surface area contributed by atoms with Crippen LogP contribution in [0.4, 0.5) is 29.3 Å². The molecule has 10 nitrogen and oxygen atoms in total. The highest BCUT2D eigenvalue weighted by atomic mass is 35.5. The van der Waals surface area contributed by atoms with Crippen molar-refractivity contribution in [3.8, 4) is 17.2 Å². The number of aryl methyl sites for hydroxylation is 1. The third-order valence-corrected chi connectivity index (χ3v) is 6.46. The molecule has 3 aromatic rings. The van der Waals surface area contributed by atoms with Gasteiger partial charge in [0.05, 0.1) is 28.3 Å². The zero-order chi connectivity index (χ0) is 30.2. The van der Waals surface area contributed by atoms with Crippen LogP contribution in [-0.4, -0.2) is 29.9 Å². The van der Waals surface area contributed by atoms with Crippen molar-refractivity contribution in [1.82, 2.24) is 5.32 Å². The highest BCUT2D eigenvalue weighted by Crippen LogP contribution is 2.44. The van der Waals surface area contributed by atoms with E-state index in [0.717, 1.165) is 17.0 Å². The molecule has 0 saturated carbocycles. The number of rotatable bonds is 6. The summed E-state index contributed by atoms with van der Waals surface area (Å²) >= 11 is 12.4. The van der Waals surface area contributed by atoms with Crippen molar-refractivity contribution < 1.29 is 42.0 Å². The molecule has 0 unspecified atom stereocenters. The number of hydrogen-bond acceptors (Lipinski definition) is 7. The molecule has 0 spiro atoms. The molecule has 1 saturated heterocycles. The number of barbiturate groups is 1. The smallest absolute Gasteiger partial charge is 0.416 e. The fraction of sp³-hybridized carbons (Fsp3) is 0.115. The number of ether oxygens (including phenoxy) is 2. The fourth-order valence-electron chi connectivity index (χ4n) is 3.73. The molecule has 15 heteroatoms. The van der Waals surface area contributed by atoms with Gasteiger partial charge in [-0.15, -0.1) is 0 Å². The third-order valence-electron chi connectivity index (χ3n) is 5.77. The molecular formula is C26H16Cl2F3N3O7. The molecule has 0 aliphatic carbocycles. The monoisotopic (exact) mass is 609 g/mol. The van der Waals surface area contributed by atoms with Crippen LogP contribution in [0, 0.1) is 17.0 Å². The lowest BCUT2D eigenvalue weighted by molar-refractivity contribution is -0.385. The van der Waals surface area contributed by atoms with Gasteiger partial charge in [-0.25, -0.2) is 9.69 Å². The van der Waals surface area contributed by atoms with Crippen molar-refractivity contribution >= 4 is 58.5 Å². The molecule has 0 aromatic heterocycles. The van der Waals surface area contributed by atoms with E-state index >= 15 is 0 Å². The molecule has 1 heterocycles. The molecule has 212 valence electrons. The van der Waals surface area contributed by atoms with Gasteiger partial charge < -0.3 is 9.47 Å². The van der Waals surface area contributed by atoms with Gasteiger partial charge in [-0.3, -0.25) is 25.0 Å². The number of urea groups is 1. The fourth-order valence-corrected chi connectivity index (χ4v) is 4.17. The zero-order valence-electron chi connectivity index (χ0n) is 20.8. The summed E-state index contributed by atoms with van der Waals surface area (Å²) in [4.78, 5) is 49.3. The minimum atomic E-state index is -4.83. The summed E-state index contributed by atoms with van der Waals surface area (Å²) < 4.78 is 49.9. The lowest BCUT2D eigenvalue weighted by atomic mass is 10.1. The number of methoxy groups -OCH3 is 1. The molecule has 0 atom stereocenters. The van der Waals surface area contributed by atoms with Gasteiger partial charge in [0.25, 0.3) is 11.8 Å². The van der Waals surface area contributed by atoms with Crippen LogP contribution >= 0.6 is 23.2 Å². The second-order valence-electron chi connectivity index (χ2n) is 8.46. The van der Waals surface area contributed by atoms with Crippen molar-refractivity contribution in [2.75, 3.05) is 12.0 Å². The molecule has 1 aliphatic rings. The molecule has 0 radical (unpaired) electrons. The van der Waals surface area contributed by atoms with E-state index in [1.807, 2.05) is 0 Å². The molecule has 0 bridgehead atoms. The maximum atomic E-state index is 13.2. The summed E-state index contributed by atoms with van der Waals surface area (Å²) in [6.45, 7) is 1.72. The first-order chi connectivity index (χ1) is 19.2. The van der Waals surface area contributed by atoms with Crippen LogP contribution in [0.25, 0.3) is 6.08 Å². The van der Waals surface area contributed by atoms with Gasteiger partial charge in [0, 0.05) is 11.1 Å². The number of nitro groups is 1. The van der Waals surface area contributed by atoms with Gasteiger partial charge in [-0.2, -0.15) is 13.2 Å². The van der Waals surface area contributed by atoms with Crippen LogP contribution < -0.4 is 19.7 Å². The first-order valence-corrected chi connectivity index (χ1v) is 12.1. The topological polar surface area (TPSA) is 128 Å². The van der Waals surface area contributed by atoms with Crippen LogP contribution in [-0.2, 0) is 15.8 Å². The van der Waals surface area contributed by atoms with Gasteiger partial charge >= 0.3 is 17.9 Å². The van der Waals surface area contributed by atoms with E-state index in [1.165, 1.54) is 31.4 Å². The number of amides is 4. The van der Waals surface area contributed by atoms with E-state index in [2.05, 4.69) is 5.32 Å². The van der Waals surface area contributed by atoms with Gasteiger partial charge in [-0.1, -0.05) is 29.3 Å². The minimum Gasteiger partial charge on any atom is -0.493 e. The van der Waals surface area contributed by atoms with Crippen LogP contribution in [0.2, 0.25) is 10.0 Å². The average Bonchev–Trinajstić information content (AvgIpc) is 2.89. The summed E-state index contributed by atoms with van der Waals surface area (Å²) in [7, 11) is 1.19. The van der Waals surface area contributed by atoms with Crippen molar-refractivity contribution in [1.29, 1.82) is 0 Å². The average molecular weight is 610 g/mol. The highest BCUT2D eigenvalue weighted by molar-refractivity contribution is 6.39. The van der Waals surface area contributed by atoms with Gasteiger partial charge in [0.1, 0.15) is 5.57 Å². The maximum absolute atomic E-state index is 13.2. The van der Waals surface area contributed by atoms with Crippen LogP contribution in [0.15, 0.2) is 54.1 Å². The summed E-state index contributed by atoms with van der Waals surface area (Å²) in [5.74, 6) is -2.94. The van der Waals surface area contributed by atoms with Gasteiger partial charge in [-0.05, 0) is 60.5 Å². The predicted molar refractivity (Wildman–Crippen MR) is 141 cm³/mol. The quantitative estimate of drug-likeness (QED) is 0.142. The Morgan fingerprint density at radius 3 is 2.32 bits per heavy atom. The Kier molecular flexibility index (Phi) is 7.95. The van der Waals surface area contributed by atoms with Crippen LogP contribution in [0.5, 0.6) is 17.2 Å². The number of imide groups is 2. The summed E-state index contributed by atoms with van der Waals surface area (Å²) in [6, 6.07) is 7.60. The number of alkyl halides is 3. The normalized spacial score (nSPS) is 14.8. The van der Waals surface area contributed by atoms with Gasteiger partial charge in [0.2, 0.25) is 5.75 Å². The summed E-state index contributed by atoms with van der Waals surface area (Å²) in [6.07, 6.45) is -3.71. The largest absolute Gasteiger partial charge is 0.493 e. The zero-order valence-corrected chi connectivity index (χ0v) is 22.3. The lowest BCUT2D eigenvalue weighted by Crippen LogP contribution is -2.54. The Hall–Kier alpha value is -4.62. The number of carbonyl (C=O) groups excluding carboxylic acids is 3. The molecule has 3 aromatic carbocycles. The Labute approximate surface area is 239 Å². The van der Waals surface area contributed by atoms with E-state index < -0.39 is 51.5 Å². The molecule has 1 N–H and O–H groups in total. The SMILES string of the molecule is COc1cc(/C=C2\C(=O)NC(=O)N(c3ccc(C)c(Cl)c3)C2=O)cc(Cl)c1Oc1ccc(C(F)(F)F)cc1[N+](=O)[O-]. The van der Waals surface area contributed by atoms with Crippen molar-refractivity contribution in [3.05, 3.63) is 91.0 Å². The molecule has 1 aliphatic heterocycles. The Balaban J connectivity index is 1.72. The standard InChI is InChI=1S/C26H16Cl2F3N3O7/c1-12-3-5-15(11-17(12)27)33-24(36)16(23(35)32-25(33)37)7-13-8-18(28)22(21(9-13)40-2)41-20-6-4-14(26(29,30)31)10-19(20)34(38)39/h3-11H,1-2H3,(H,32,35,37)/b16-7+. The lowest BCUT2D eigenvalue weighted by Gasteiger charge is -2.26. The first-order valence-electron chi connectivity index (χ1n) is 11.3. The minimum absolute atomic E-state index is 0.110. The van der Waals surface area contributed by atoms with Gasteiger partial charge in [0.15, 0.2) is 11.5 Å². The Morgan fingerprint density at radius 1 is 1.00 bits per heavy atom. The van der Waals surface area contributed by atoms with Crippen molar-refractivity contribution in [2.24, 2.45) is 0 Å². The summed E-state index contributed by atoms with van der Waals surface area (Å²) in [5.41, 5.74) is -1.76. The second-order valence-corrected chi connectivity index (χ2v) is 9.28. The van der Waals surface area contributed by atoms with E-state index in [1.54, 1.807) is 13.0 Å². The first kappa shape index (κ1) is 29.4. The number of hydrogen-bond donors (Lipinski definition) is 1. The van der Waals surface area contributed by atoms with E-state index in [4.69, 9.17) is 32.7 Å². The molecule has 4 amide bonds. The predicted octanol–water partition coefficient (Wildman–Crippen LogP) is 6.70. The molecule has 1 fully saturated rings. The number of benzene rings is 3.